The molecule has 0 saturated carbocycles. The Morgan fingerprint density at radius 3 is 2.55 bits per heavy atom. The number of nitrogens with one attached hydrogen (secondary N) is 1. The Bertz CT molecular complexity index is 494. The molecule has 0 aliphatic heterocycles. The minimum atomic E-state index is -0.968. The number of hydrogen-bond acceptors (Lipinski definition) is 4. The first-order chi connectivity index (χ1) is 10.4. The number of ether oxygens (including phenoxy) is 1. The van der Waals surface area contributed by atoms with Crippen LogP contribution in [0.25, 0.3) is 0 Å². The van der Waals surface area contributed by atoms with Crippen molar-refractivity contribution in [3.8, 4) is 0 Å². The number of benzene rings is 1. The molecular weight excluding hydrogens is 302 g/mol. The van der Waals surface area contributed by atoms with Crippen molar-refractivity contribution >= 4 is 23.6 Å². The first kappa shape index (κ1) is 18.5. The summed E-state index contributed by atoms with van der Waals surface area (Å²) >= 11 is 1.51. The van der Waals surface area contributed by atoms with Crippen LogP contribution in [0.3, 0.4) is 0 Å². The molecule has 0 fully saturated rings. The van der Waals surface area contributed by atoms with Crippen LogP contribution in [-0.4, -0.2) is 41.5 Å². The van der Waals surface area contributed by atoms with Gasteiger partial charge in [0, 0.05) is 12.9 Å². The van der Waals surface area contributed by atoms with Gasteiger partial charge in [-0.25, -0.2) is 0 Å². The second kappa shape index (κ2) is 8.80. The molecule has 0 aliphatic rings. The van der Waals surface area contributed by atoms with Crippen LogP contribution in [0.15, 0.2) is 30.3 Å². The van der Waals surface area contributed by atoms with Crippen molar-refractivity contribution in [2.24, 2.45) is 0 Å². The van der Waals surface area contributed by atoms with E-state index in [0.717, 1.165) is 11.3 Å². The van der Waals surface area contributed by atoms with Crippen molar-refractivity contribution in [1.29, 1.82) is 0 Å². The van der Waals surface area contributed by atoms with Gasteiger partial charge in [0.15, 0.2) is 0 Å². The highest BCUT2D eigenvalue weighted by Gasteiger charge is 2.31. The van der Waals surface area contributed by atoms with Gasteiger partial charge in [0.2, 0.25) is 5.91 Å². The zero-order valence-electron chi connectivity index (χ0n) is 13.2. The SMILES string of the molecule is COCC(C)(CC(=O)O)NC(=O)C(C)SCc1ccccc1. The first-order valence-electron chi connectivity index (χ1n) is 7.04. The summed E-state index contributed by atoms with van der Waals surface area (Å²) in [5.41, 5.74) is 0.247. The van der Waals surface area contributed by atoms with Gasteiger partial charge in [-0.1, -0.05) is 30.3 Å². The van der Waals surface area contributed by atoms with E-state index in [1.807, 2.05) is 37.3 Å². The van der Waals surface area contributed by atoms with E-state index in [1.54, 1.807) is 6.92 Å². The van der Waals surface area contributed by atoms with Crippen molar-refractivity contribution in [2.75, 3.05) is 13.7 Å². The number of thioether (sulfide) groups is 1. The number of amides is 1. The summed E-state index contributed by atoms with van der Waals surface area (Å²) < 4.78 is 5.03. The van der Waals surface area contributed by atoms with Crippen molar-refractivity contribution in [1.82, 2.24) is 5.32 Å². The van der Waals surface area contributed by atoms with Crippen LogP contribution in [0.1, 0.15) is 25.8 Å². The molecule has 0 spiro atoms. The van der Waals surface area contributed by atoms with Gasteiger partial charge >= 0.3 is 5.97 Å². The van der Waals surface area contributed by atoms with Crippen molar-refractivity contribution in [3.05, 3.63) is 35.9 Å². The molecule has 1 rings (SSSR count). The number of rotatable bonds is 9. The normalized spacial score (nSPS) is 14.9. The average molecular weight is 325 g/mol. The number of hydrogen-bond donors (Lipinski definition) is 2. The lowest BCUT2D eigenvalue weighted by Crippen LogP contribution is -2.52. The highest BCUT2D eigenvalue weighted by atomic mass is 32.2. The third kappa shape index (κ3) is 6.49. The zero-order chi connectivity index (χ0) is 16.6. The fourth-order valence-corrected chi connectivity index (χ4v) is 2.90. The van der Waals surface area contributed by atoms with Crippen LogP contribution in [-0.2, 0) is 20.1 Å². The molecule has 0 saturated heterocycles. The molecule has 1 amide bonds. The summed E-state index contributed by atoms with van der Waals surface area (Å²) in [6, 6.07) is 9.90. The van der Waals surface area contributed by atoms with Crippen molar-refractivity contribution in [3.63, 3.8) is 0 Å². The van der Waals surface area contributed by atoms with Crippen LogP contribution < -0.4 is 5.32 Å². The smallest absolute Gasteiger partial charge is 0.305 e. The van der Waals surface area contributed by atoms with Crippen LogP contribution in [0.2, 0.25) is 0 Å². The molecule has 0 aromatic heterocycles. The third-order valence-corrected chi connectivity index (χ3v) is 4.36. The predicted octanol–water partition coefficient (Wildman–Crippen LogP) is 2.30. The largest absolute Gasteiger partial charge is 0.481 e. The Labute approximate surface area is 135 Å². The van der Waals surface area contributed by atoms with E-state index in [0.29, 0.717) is 0 Å². The molecule has 122 valence electrons. The molecule has 1 aromatic carbocycles. The quantitative estimate of drug-likeness (QED) is 0.728. The molecular formula is C16H23NO4S. The molecule has 1 aromatic rings. The number of aliphatic carboxylic acids is 1. The monoisotopic (exact) mass is 325 g/mol. The molecule has 0 heterocycles. The Balaban J connectivity index is 2.55. The van der Waals surface area contributed by atoms with E-state index >= 15 is 0 Å². The van der Waals surface area contributed by atoms with E-state index in [-0.39, 0.29) is 24.2 Å². The van der Waals surface area contributed by atoms with Crippen LogP contribution in [0, 0.1) is 0 Å². The summed E-state index contributed by atoms with van der Waals surface area (Å²) in [5.74, 6) is -0.416. The third-order valence-electron chi connectivity index (χ3n) is 3.14. The van der Waals surface area contributed by atoms with E-state index in [1.165, 1.54) is 18.9 Å². The number of carbonyl (C=O) groups excluding carboxylic acids is 1. The average Bonchev–Trinajstić information content (AvgIpc) is 2.44. The van der Waals surface area contributed by atoms with Gasteiger partial charge in [0.25, 0.3) is 0 Å². The lowest BCUT2D eigenvalue weighted by atomic mass is 9.99. The van der Waals surface area contributed by atoms with Crippen molar-refractivity contribution in [2.45, 2.75) is 36.8 Å². The Hall–Kier alpha value is -1.53. The topological polar surface area (TPSA) is 75.6 Å². The van der Waals surface area contributed by atoms with Gasteiger partial charge < -0.3 is 15.2 Å². The number of methoxy groups -OCH3 is 1. The fraction of sp³-hybridized carbons (Fsp3) is 0.500. The summed E-state index contributed by atoms with van der Waals surface area (Å²) in [7, 11) is 1.49. The standard InChI is InChI=1S/C16H23NO4S/c1-12(22-10-13-7-5-4-6-8-13)15(20)17-16(2,11-21-3)9-14(18)19/h4-8,12H,9-11H2,1-3H3,(H,17,20)(H,18,19). The highest BCUT2D eigenvalue weighted by molar-refractivity contribution is 7.99. The highest BCUT2D eigenvalue weighted by Crippen LogP contribution is 2.19. The molecule has 2 unspecified atom stereocenters. The van der Waals surface area contributed by atoms with Gasteiger partial charge in [-0.05, 0) is 19.4 Å². The predicted molar refractivity (Wildman–Crippen MR) is 87.9 cm³/mol. The molecule has 22 heavy (non-hydrogen) atoms. The lowest BCUT2D eigenvalue weighted by molar-refractivity contribution is -0.139. The van der Waals surface area contributed by atoms with E-state index in [2.05, 4.69) is 5.32 Å². The zero-order valence-corrected chi connectivity index (χ0v) is 14.0. The molecule has 6 heteroatoms. The number of carbonyl (C=O) groups is 2. The summed E-state index contributed by atoms with van der Waals surface area (Å²) in [4.78, 5) is 23.2. The van der Waals surface area contributed by atoms with Gasteiger partial charge in [0.05, 0.1) is 23.8 Å². The Morgan fingerprint density at radius 2 is 2.00 bits per heavy atom. The van der Waals surface area contributed by atoms with Gasteiger partial charge in [-0.2, -0.15) is 0 Å². The molecule has 2 atom stereocenters. The lowest BCUT2D eigenvalue weighted by Gasteiger charge is -2.29. The van der Waals surface area contributed by atoms with Crippen LogP contribution >= 0.6 is 11.8 Å². The summed E-state index contributed by atoms with van der Waals surface area (Å²) in [6.45, 7) is 3.65. The maximum atomic E-state index is 12.3. The molecule has 2 N–H and O–H groups in total. The summed E-state index contributed by atoms with van der Waals surface area (Å²) in [6.07, 6.45) is -0.178. The van der Waals surface area contributed by atoms with E-state index in [4.69, 9.17) is 9.84 Å². The maximum Gasteiger partial charge on any atom is 0.305 e. The second-order valence-corrected chi connectivity index (χ2v) is 6.82. The van der Waals surface area contributed by atoms with E-state index < -0.39 is 11.5 Å². The molecule has 0 radical (unpaired) electrons. The maximum absolute atomic E-state index is 12.3. The molecule has 0 aliphatic carbocycles. The number of carboxylic acids is 1. The number of carboxylic acid groups (broad SMARTS) is 1. The van der Waals surface area contributed by atoms with Crippen LogP contribution in [0.4, 0.5) is 0 Å². The van der Waals surface area contributed by atoms with Crippen LogP contribution in [0.5, 0.6) is 0 Å². The minimum absolute atomic E-state index is 0.154. The molecule has 5 nitrogen and oxygen atoms in total. The Morgan fingerprint density at radius 1 is 1.36 bits per heavy atom. The van der Waals surface area contributed by atoms with Crippen molar-refractivity contribution < 1.29 is 19.4 Å². The second-order valence-electron chi connectivity index (χ2n) is 5.49. The van der Waals surface area contributed by atoms with Gasteiger partial charge in [0.1, 0.15) is 0 Å². The van der Waals surface area contributed by atoms with Gasteiger partial charge in [-0.15, -0.1) is 11.8 Å². The molecule has 0 bridgehead atoms. The van der Waals surface area contributed by atoms with Gasteiger partial charge in [-0.3, -0.25) is 9.59 Å². The summed E-state index contributed by atoms with van der Waals surface area (Å²) in [5, 5.41) is 11.5. The minimum Gasteiger partial charge on any atom is -0.481 e. The Kier molecular flexibility index (Phi) is 7.41. The first-order valence-corrected chi connectivity index (χ1v) is 8.09. The fourth-order valence-electron chi connectivity index (χ4n) is 2.05. The van der Waals surface area contributed by atoms with E-state index in [9.17, 15) is 9.59 Å².